The molecule has 10 heteroatoms. The SMILES string of the molecule is COCCOCN(c1onc(C)c1C)S(=O)(=O)c1ccccc1-c1ccc(C(F)(F)C(C)C)cc1. The van der Waals surface area contributed by atoms with E-state index in [4.69, 9.17) is 14.0 Å². The molecule has 0 radical (unpaired) electrons. The first kappa shape index (κ1) is 26.8. The molecule has 3 aromatic rings. The van der Waals surface area contributed by atoms with Crippen LogP contribution in [0.1, 0.15) is 30.7 Å². The summed E-state index contributed by atoms with van der Waals surface area (Å²) >= 11 is 0. The molecule has 0 N–H and O–H groups in total. The van der Waals surface area contributed by atoms with Crippen molar-refractivity contribution < 1.29 is 31.2 Å². The number of methoxy groups -OCH3 is 1. The van der Waals surface area contributed by atoms with Crippen molar-refractivity contribution in [1.29, 1.82) is 0 Å². The van der Waals surface area contributed by atoms with Crippen molar-refractivity contribution in [2.45, 2.75) is 38.5 Å². The number of ether oxygens (including phenoxy) is 2. The smallest absolute Gasteiger partial charge is 0.275 e. The number of halogens is 2. The van der Waals surface area contributed by atoms with Gasteiger partial charge in [-0.1, -0.05) is 61.5 Å². The number of aromatic nitrogens is 1. The summed E-state index contributed by atoms with van der Waals surface area (Å²) in [7, 11) is -2.68. The molecule has 190 valence electrons. The summed E-state index contributed by atoms with van der Waals surface area (Å²) in [6.45, 7) is 6.45. The van der Waals surface area contributed by atoms with Crippen molar-refractivity contribution in [3.63, 3.8) is 0 Å². The van der Waals surface area contributed by atoms with E-state index in [1.54, 1.807) is 32.0 Å². The third-order valence-electron chi connectivity index (χ3n) is 5.76. The van der Waals surface area contributed by atoms with Crippen molar-refractivity contribution in [3.8, 4) is 11.1 Å². The summed E-state index contributed by atoms with van der Waals surface area (Å²) in [4.78, 5) is -0.0211. The molecule has 0 aliphatic carbocycles. The maximum absolute atomic E-state index is 14.4. The van der Waals surface area contributed by atoms with Gasteiger partial charge in [-0.05, 0) is 25.5 Å². The van der Waals surface area contributed by atoms with Gasteiger partial charge in [0.1, 0.15) is 6.73 Å². The molecule has 1 heterocycles. The largest absolute Gasteiger partial charge is 0.382 e. The van der Waals surface area contributed by atoms with Gasteiger partial charge in [0.2, 0.25) is 5.88 Å². The van der Waals surface area contributed by atoms with Crippen LogP contribution in [0.5, 0.6) is 0 Å². The Morgan fingerprint density at radius 3 is 2.29 bits per heavy atom. The van der Waals surface area contributed by atoms with Crippen molar-refractivity contribution in [2.24, 2.45) is 5.92 Å². The molecule has 0 bridgehead atoms. The molecule has 0 aliphatic heterocycles. The zero-order valence-electron chi connectivity index (χ0n) is 20.4. The Morgan fingerprint density at radius 1 is 1.06 bits per heavy atom. The van der Waals surface area contributed by atoms with Crippen molar-refractivity contribution >= 4 is 15.9 Å². The summed E-state index contributed by atoms with van der Waals surface area (Å²) in [6.07, 6.45) is 0. The van der Waals surface area contributed by atoms with Gasteiger partial charge in [-0.3, -0.25) is 0 Å². The zero-order chi connectivity index (χ0) is 25.8. The summed E-state index contributed by atoms with van der Waals surface area (Å²) in [5.41, 5.74) is 1.83. The van der Waals surface area contributed by atoms with Crippen LogP contribution in [0.15, 0.2) is 57.9 Å². The van der Waals surface area contributed by atoms with Gasteiger partial charge in [-0.25, -0.2) is 21.5 Å². The van der Waals surface area contributed by atoms with Crippen molar-refractivity contribution in [2.75, 3.05) is 31.4 Å². The molecule has 0 aliphatic rings. The van der Waals surface area contributed by atoms with Crippen LogP contribution >= 0.6 is 0 Å². The molecule has 0 spiro atoms. The van der Waals surface area contributed by atoms with Gasteiger partial charge in [0.05, 0.1) is 23.8 Å². The van der Waals surface area contributed by atoms with E-state index in [0.29, 0.717) is 22.4 Å². The minimum Gasteiger partial charge on any atom is -0.382 e. The fraction of sp³-hybridized carbons (Fsp3) is 0.400. The Kier molecular flexibility index (Phi) is 8.30. The summed E-state index contributed by atoms with van der Waals surface area (Å²) in [5.74, 6) is -3.83. The van der Waals surface area contributed by atoms with Gasteiger partial charge in [-0.15, -0.1) is 0 Å². The standard InChI is InChI=1S/C25H30F2N2O5S/c1-17(2)25(26,27)21-12-10-20(11-13-21)22-8-6-7-9-23(22)35(30,31)29(16-33-15-14-32-5)24-18(3)19(4)28-34-24/h6-13,17H,14-16H2,1-5H3. The van der Waals surface area contributed by atoms with E-state index in [-0.39, 0.29) is 36.3 Å². The fourth-order valence-corrected chi connectivity index (χ4v) is 4.97. The van der Waals surface area contributed by atoms with E-state index in [0.717, 1.165) is 4.31 Å². The Balaban J connectivity index is 2.05. The highest BCUT2D eigenvalue weighted by Gasteiger charge is 2.36. The molecular formula is C25H30F2N2O5S. The predicted molar refractivity (Wildman–Crippen MR) is 129 cm³/mol. The summed E-state index contributed by atoms with van der Waals surface area (Å²) in [5, 5.41) is 3.88. The van der Waals surface area contributed by atoms with E-state index in [2.05, 4.69) is 5.16 Å². The minimum absolute atomic E-state index is 0.0211. The van der Waals surface area contributed by atoms with Crippen molar-refractivity contribution in [1.82, 2.24) is 5.16 Å². The van der Waals surface area contributed by atoms with E-state index in [1.165, 1.54) is 51.3 Å². The van der Waals surface area contributed by atoms with E-state index in [1.807, 2.05) is 0 Å². The van der Waals surface area contributed by atoms with Crippen molar-refractivity contribution in [3.05, 3.63) is 65.4 Å². The lowest BCUT2D eigenvalue weighted by Gasteiger charge is -2.24. The second-order valence-corrected chi connectivity index (χ2v) is 10.3. The first-order valence-electron chi connectivity index (χ1n) is 11.1. The third-order valence-corrected chi connectivity index (χ3v) is 7.52. The fourth-order valence-electron chi connectivity index (χ4n) is 3.42. The average Bonchev–Trinajstić information content (AvgIpc) is 3.16. The van der Waals surface area contributed by atoms with E-state index >= 15 is 0 Å². The summed E-state index contributed by atoms with van der Waals surface area (Å²) < 4.78 is 73.5. The number of anilines is 1. The molecule has 0 atom stereocenters. The molecule has 2 aromatic carbocycles. The van der Waals surface area contributed by atoms with Crippen LogP contribution in [0.3, 0.4) is 0 Å². The number of hydrogen-bond donors (Lipinski definition) is 0. The molecule has 0 saturated heterocycles. The Hall–Kier alpha value is -2.82. The second-order valence-electron chi connectivity index (χ2n) is 8.43. The monoisotopic (exact) mass is 508 g/mol. The summed E-state index contributed by atoms with van der Waals surface area (Å²) in [6, 6.07) is 12.0. The highest BCUT2D eigenvalue weighted by molar-refractivity contribution is 7.93. The van der Waals surface area contributed by atoms with Crippen LogP contribution in [-0.2, 0) is 25.4 Å². The molecule has 0 saturated carbocycles. The quantitative estimate of drug-likeness (QED) is 0.251. The van der Waals surface area contributed by atoms with Gasteiger partial charge in [0.25, 0.3) is 15.9 Å². The molecule has 0 fully saturated rings. The van der Waals surface area contributed by atoms with Crippen LogP contribution in [0, 0.1) is 19.8 Å². The van der Waals surface area contributed by atoms with Gasteiger partial charge < -0.3 is 14.0 Å². The average molecular weight is 509 g/mol. The highest BCUT2D eigenvalue weighted by atomic mass is 32.2. The molecular weight excluding hydrogens is 478 g/mol. The molecule has 3 rings (SSSR count). The molecule has 0 unspecified atom stereocenters. The third kappa shape index (κ3) is 5.55. The molecule has 0 amide bonds. The second kappa shape index (κ2) is 10.8. The Morgan fingerprint density at radius 2 is 1.71 bits per heavy atom. The number of rotatable bonds is 11. The Labute approximate surface area is 204 Å². The lowest BCUT2D eigenvalue weighted by Crippen LogP contribution is -2.34. The maximum atomic E-state index is 14.4. The minimum atomic E-state index is -4.20. The van der Waals surface area contributed by atoms with Crippen LogP contribution < -0.4 is 4.31 Å². The lowest BCUT2D eigenvalue weighted by molar-refractivity contribution is -0.0513. The highest BCUT2D eigenvalue weighted by Crippen LogP contribution is 2.38. The zero-order valence-corrected chi connectivity index (χ0v) is 21.2. The van der Waals surface area contributed by atoms with E-state index < -0.39 is 21.9 Å². The van der Waals surface area contributed by atoms with Crippen LogP contribution in [0.4, 0.5) is 14.7 Å². The van der Waals surface area contributed by atoms with Crippen LogP contribution in [0.2, 0.25) is 0 Å². The first-order valence-corrected chi connectivity index (χ1v) is 12.6. The number of aryl methyl sites for hydroxylation is 1. The number of hydrogen-bond acceptors (Lipinski definition) is 6. The number of alkyl halides is 2. The van der Waals surface area contributed by atoms with Gasteiger partial charge in [0, 0.05) is 29.7 Å². The van der Waals surface area contributed by atoms with Crippen LogP contribution in [-0.4, -0.2) is 40.6 Å². The molecule has 7 nitrogen and oxygen atoms in total. The van der Waals surface area contributed by atoms with Gasteiger partial charge in [0.15, 0.2) is 0 Å². The number of nitrogens with zero attached hydrogens (tertiary/aromatic N) is 2. The first-order chi connectivity index (χ1) is 16.5. The van der Waals surface area contributed by atoms with E-state index in [9.17, 15) is 17.2 Å². The Bertz CT molecular complexity index is 1240. The molecule has 1 aromatic heterocycles. The predicted octanol–water partition coefficient (Wildman–Crippen LogP) is 5.52. The van der Waals surface area contributed by atoms with Gasteiger partial charge >= 0.3 is 0 Å². The van der Waals surface area contributed by atoms with Crippen LogP contribution in [0.25, 0.3) is 11.1 Å². The number of sulfonamides is 1. The normalized spacial score (nSPS) is 12.3. The number of benzene rings is 2. The maximum Gasteiger partial charge on any atom is 0.275 e. The van der Waals surface area contributed by atoms with Gasteiger partial charge in [-0.2, -0.15) is 0 Å². The lowest BCUT2D eigenvalue weighted by atomic mass is 9.95. The molecule has 35 heavy (non-hydrogen) atoms. The topological polar surface area (TPSA) is 81.9 Å².